The predicted octanol–water partition coefficient (Wildman–Crippen LogP) is 1.41. The Morgan fingerprint density at radius 1 is 1.00 bits per heavy atom. The van der Waals surface area contributed by atoms with Gasteiger partial charge in [-0.3, -0.25) is 0 Å². The van der Waals surface area contributed by atoms with Crippen molar-refractivity contribution in [2.75, 3.05) is 0 Å². The second-order valence-electron chi connectivity index (χ2n) is 5.13. The van der Waals surface area contributed by atoms with Crippen LogP contribution in [-0.4, -0.2) is 5.97 Å². The zero-order chi connectivity index (χ0) is 13.0. The van der Waals surface area contributed by atoms with Gasteiger partial charge in [-0.15, -0.1) is 0 Å². The number of carbonyl (C=O) groups excluding carboxylic acids is 1. The van der Waals surface area contributed by atoms with Gasteiger partial charge in [0.05, 0.1) is 0 Å². The van der Waals surface area contributed by atoms with Crippen molar-refractivity contribution in [2.24, 2.45) is 5.92 Å². The molecule has 3 aromatic carbocycles. The summed E-state index contributed by atoms with van der Waals surface area (Å²) in [5, 5.41) is 17.0. The van der Waals surface area contributed by atoms with Crippen LogP contribution in [-0.2, 0) is 11.2 Å². The molecule has 0 N–H and O–H groups in total. The van der Waals surface area contributed by atoms with Crippen molar-refractivity contribution < 1.29 is 9.90 Å². The van der Waals surface area contributed by atoms with E-state index in [4.69, 9.17) is 0 Å². The number of carboxylic acid groups (broad SMARTS) is 1. The Kier molecular flexibility index (Phi) is 1.99. The molecule has 0 saturated heterocycles. The number of rotatable bonds is 1. The Morgan fingerprint density at radius 2 is 1.74 bits per heavy atom. The van der Waals surface area contributed by atoms with E-state index in [2.05, 4.69) is 30.3 Å². The Morgan fingerprint density at radius 3 is 2.47 bits per heavy atom. The lowest BCUT2D eigenvalue weighted by atomic mass is 9.85. The largest absolute Gasteiger partial charge is 0.550 e. The molecule has 92 valence electrons. The third-order valence-electron chi connectivity index (χ3n) is 4.02. The fourth-order valence-corrected chi connectivity index (χ4v) is 3.16. The first-order valence-corrected chi connectivity index (χ1v) is 6.40. The van der Waals surface area contributed by atoms with Crippen LogP contribution < -0.4 is 10.3 Å². The molecule has 0 aliphatic heterocycles. The molecule has 0 heterocycles. The van der Waals surface area contributed by atoms with Crippen molar-refractivity contribution in [3.63, 3.8) is 0 Å². The molecule has 0 bridgehead atoms. The molecule has 2 heteroatoms. The summed E-state index contributed by atoms with van der Waals surface area (Å²) in [7, 11) is 0. The maximum atomic E-state index is 11.1. The third kappa shape index (κ3) is 1.40. The van der Waals surface area contributed by atoms with Gasteiger partial charge in [0.15, 0.2) is 0 Å². The van der Waals surface area contributed by atoms with Crippen molar-refractivity contribution in [2.45, 2.75) is 6.42 Å². The van der Waals surface area contributed by atoms with E-state index in [0.717, 1.165) is 10.8 Å². The van der Waals surface area contributed by atoms with E-state index in [1.165, 1.54) is 21.5 Å². The Balaban J connectivity index is 2.22. The molecule has 3 aromatic rings. The van der Waals surface area contributed by atoms with Gasteiger partial charge in [-0.05, 0) is 38.7 Å². The molecule has 0 saturated carbocycles. The van der Waals surface area contributed by atoms with Gasteiger partial charge < -0.3 is 9.90 Å². The average Bonchev–Trinajstić information content (AvgIpc) is 2.44. The zero-order valence-corrected chi connectivity index (χ0v) is 10.2. The maximum absolute atomic E-state index is 11.1. The number of carboxylic acids is 1. The van der Waals surface area contributed by atoms with Crippen LogP contribution in [0.2, 0.25) is 0 Å². The van der Waals surface area contributed by atoms with Crippen LogP contribution in [0.5, 0.6) is 0 Å². The van der Waals surface area contributed by atoms with E-state index in [1.54, 1.807) is 0 Å². The van der Waals surface area contributed by atoms with E-state index in [9.17, 15) is 9.90 Å². The molecule has 1 atom stereocenters. The van der Waals surface area contributed by atoms with Crippen molar-refractivity contribution in [3.05, 3.63) is 53.2 Å². The Labute approximate surface area is 110 Å². The molecule has 1 aliphatic rings. The summed E-state index contributed by atoms with van der Waals surface area (Å²) in [5.41, 5.74) is 1.11. The maximum Gasteiger partial charge on any atom is 0.0486 e. The summed E-state index contributed by atoms with van der Waals surface area (Å²) in [6.45, 7) is 0. The number of benzene rings is 3. The summed E-state index contributed by atoms with van der Waals surface area (Å²) >= 11 is 0. The van der Waals surface area contributed by atoms with Gasteiger partial charge in [0.25, 0.3) is 0 Å². The number of hydrogen-bond acceptors (Lipinski definition) is 2. The topological polar surface area (TPSA) is 40.1 Å². The van der Waals surface area contributed by atoms with Crippen LogP contribution in [0, 0.1) is 5.92 Å². The lowest BCUT2D eigenvalue weighted by Gasteiger charge is -2.21. The van der Waals surface area contributed by atoms with Gasteiger partial charge in [0.1, 0.15) is 0 Å². The summed E-state index contributed by atoms with van der Waals surface area (Å²) < 4.78 is 0. The van der Waals surface area contributed by atoms with Crippen LogP contribution >= 0.6 is 0 Å². The first kappa shape index (κ1) is 10.6. The molecule has 0 aromatic heterocycles. The molecular weight excluding hydrogens is 236 g/mol. The molecule has 2 nitrogen and oxygen atoms in total. The fourth-order valence-electron chi connectivity index (χ4n) is 3.16. The minimum absolute atomic E-state index is 0.519. The normalized spacial score (nSPS) is 17.6. The molecular formula is C17H11O2-. The molecule has 0 amide bonds. The van der Waals surface area contributed by atoms with E-state index in [0.29, 0.717) is 6.42 Å². The second-order valence-corrected chi connectivity index (χ2v) is 5.13. The highest BCUT2D eigenvalue weighted by Gasteiger charge is 2.17. The van der Waals surface area contributed by atoms with Gasteiger partial charge in [-0.1, -0.05) is 48.5 Å². The highest BCUT2D eigenvalue weighted by atomic mass is 16.4. The van der Waals surface area contributed by atoms with Crippen molar-refractivity contribution >= 4 is 33.6 Å². The van der Waals surface area contributed by atoms with Crippen LogP contribution in [0.25, 0.3) is 27.6 Å². The minimum Gasteiger partial charge on any atom is -0.550 e. The predicted molar refractivity (Wildman–Crippen MR) is 73.3 cm³/mol. The van der Waals surface area contributed by atoms with E-state index >= 15 is 0 Å². The van der Waals surface area contributed by atoms with E-state index < -0.39 is 11.9 Å². The lowest BCUT2D eigenvalue weighted by Crippen LogP contribution is -2.34. The van der Waals surface area contributed by atoms with Gasteiger partial charge in [-0.2, -0.15) is 0 Å². The van der Waals surface area contributed by atoms with Crippen LogP contribution in [0.1, 0.15) is 5.56 Å². The summed E-state index contributed by atoms with van der Waals surface area (Å²) in [6.07, 6.45) is 2.35. The SMILES string of the molecule is O=C([O-])C1C=c2ccc3cccc4ccc(c2c43)C1. The third-order valence-corrected chi connectivity index (χ3v) is 4.02. The monoisotopic (exact) mass is 247 g/mol. The number of aliphatic carboxylic acids is 1. The molecule has 1 unspecified atom stereocenters. The first-order chi connectivity index (χ1) is 9.24. The summed E-state index contributed by atoms with van der Waals surface area (Å²) in [6, 6.07) is 14.4. The molecule has 0 radical (unpaired) electrons. The molecule has 19 heavy (non-hydrogen) atoms. The lowest BCUT2D eigenvalue weighted by molar-refractivity contribution is -0.309. The average molecular weight is 247 g/mol. The molecule has 4 rings (SSSR count). The standard InChI is InChI=1S/C17H12O2/c18-17(19)14-8-12-6-4-10-2-1-3-11-5-7-13(9-14)16(12)15(10)11/h1-8,14H,9H2,(H,18,19)/p-1. The van der Waals surface area contributed by atoms with Crippen LogP contribution in [0.4, 0.5) is 0 Å². The second kappa shape index (κ2) is 3.58. The van der Waals surface area contributed by atoms with Crippen molar-refractivity contribution in [3.8, 4) is 0 Å². The summed E-state index contributed by atoms with van der Waals surface area (Å²) in [5.74, 6) is -1.51. The smallest absolute Gasteiger partial charge is 0.0486 e. The van der Waals surface area contributed by atoms with Crippen molar-refractivity contribution in [1.29, 1.82) is 0 Å². The van der Waals surface area contributed by atoms with E-state index in [1.807, 2.05) is 18.2 Å². The molecule has 0 spiro atoms. The number of hydrogen-bond donors (Lipinski definition) is 0. The quantitative estimate of drug-likeness (QED) is 0.652. The zero-order valence-electron chi connectivity index (χ0n) is 10.2. The van der Waals surface area contributed by atoms with Gasteiger partial charge in [0, 0.05) is 11.9 Å². The molecule has 1 aliphatic carbocycles. The Bertz CT molecular complexity index is 861. The van der Waals surface area contributed by atoms with Gasteiger partial charge in [0.2, 0.25) is 0 Å². The van der Waals surface area contributed by atoms with Crippen molar-refractivity contribution in [1.82, 2.24) is 0 Å². The minimum atomic E-state index is -0.995. The molecule has 0 fully saturated rings. The van der Waals surface area contributed by atoms with Crippen LogP contribution in [0.15, 0.2) is 42.5 Å². The Hall–Kier alpha value is -2.35. The number of carbonyl (C=O) groups is 1. The van der Waals surface area contributed by atoms with Gasteiger partial charge in [-0.25, -0.2) is 0 Å². The highest BCUT2D eigenvalue weighted by molar-refractivity contribution is 6.12. The van der Waals surface area contributed by atoms with Crippen LogP contribution in [0.3, 0.4) is 0 Å². The summed E-state index contributed by atoms with van der Waals surface area (Å²) in [4.78, 5) is 11.1. The van der Waals surface area contributed by atoms with Gasteiger partial charge >= 0.3 is 0 Å². The fraction of sp³-hybridized carbons (Fsp3) is 0.118. The highest BCUT2D eigenvalue weighted by Crippen LogP contribution is 2.30. The van der Waals surface area contributed by atoms with E-state index in [-0.39, 0.29) is 0 Å². The first-order valence-electron chi connectivity index (χ1n) is 6.40.